The Labute approximate surface area is 140 Å². The molecule has 0 radical (unpaired) electrons. The number of para-hydroxylation sites is 1. The minimum Gasteiger partial charge on any atom is -0.464 e. The first kappa shape index (κ1) is 18.0. The molecule has 0 fully saturated rings. The lowest BCUT2D eigenvalue weighted by Gasteiger charge is -2.21. The Morgan fingerprint density at radius 1 is 1.25 bits per heavy atom. The quantitative estimate of drug-likeness (QED) is 0.523. The number of furan rings is 1. The van der Waals surface area contributed by atoms with E-state index < -0.39 is 24.9 Å². The summed E-state index contributed by atoms with van der Waals surface area (Å²) in [7, 11) is -1.80. The average Bonchev–Trinajstić information content (AvgIpc) is 2.98. The Bertz CT molecular complexity index is 711. The Morgan fingerprint density at radius 2 is 1.92 bits per heavy atom. The molecule has 0 spiro atoms. The van der Waals surface area contributed by atoms with Gasteiger partial charge in [-0.25, -0.2) is 0 Å². The van der Waals surface area contributed by atoms with E-state index >= 15 is 0 Å². The van der Waals surface area contributed by atoms with E-state index in [0.29, 0.717) is 18.7 Å². The molecule has 1 aromatic carbocycles. The van der Waals surface area contributed by atoms with Crippen molar-refractivity contribution in [3.05, 3.63) is 36.1 Å². The lowest BCUT2D eigenvalue weighted by atomic mass is 9.76. The smallest absolute Gasteiger partial charge is 0.464 e. The van der Waals surface area contributed by atoms with Gasteiger partial charge in [0.1, 0.15) is 5.58 Å². The van der Waals surface area contributed by atoms with Crippen LogP contribution in [0.3, 0.4) is 0 Å². The molecule has 24 heavy (non-hydrogen) atoms. The summed E-state index contributed by atoms with van der Waals surface area (Å²) in [6.45, 7) is 4.35. The fraction of sp³-hybridized carbons (Fsp3) is 0.375. The number of amides is 2. The lowest BCUT2D eigenvalue weighted by molar-refractivity contribution is -0.145. The van der Waals surface area contributed by atoms with E-state index in [9.17, 15) is 19.6 Å². The van der Waals surface area contributed by atoms with E-state index in [4.69, 9.17) is 4.42 Å². The molecule has 1 aromatic heterocycles. The van der Waals surface area contributed by atoms with E-state index in [1.807, 2.05) is 18.2 Å². The molecule has 0 saturated carbocycles. The van der Waals surface area contributed by atoms with Gasteiger partial charge < -0.3 is 24.7 Å². The van der Waals surface area contributed by atoms with Crippen LogP contribution in [-0.2, 0) is 16.0 Å². The van der Waals surface area contributed by atoms with E-state index in [0.717, 1.165) is 10.9 Å². The third-order valence-corrected chi connectivity index (χ3v) is 3.92. The summed E-state index contributed by atoms with van der Waals surface area (Å²) in [5.41, 5.74) is 1.39. The number of fused-ring (bicyclic) bond motifs is 1. The summed E-state index contributed by atoms with van der Waals surface area (Å²) in [5.74, 6) is -2.56. The van der Waals surface area contributed by atoms with E-state index in [-0.39, 0.29) is 6.42 Å². The van der Waals surface area contributed by atoms with Gasteiger partial charge in [0.05, 0.1) is 12.2 Å². The van der Waals surface area contributed by atoms with Gasteiger partial charge in [-0.05, 0) is 31.9 Å². The summed E-state index contributed by atoms with van der Waals surface area (Å²) in [5, 5.41) is 22.3. The Hall–Kier alpha value is -2.32. The van der Waals surface area contributed by atoms with Crippen LogP contribution in [0.2, 0.25) is 0 Å². The van der Waals surface area contributed by atoms with Crippen LogP contribution in [0.4, 0.5) is 0 Å². The molecule has 0 aliphatic carbocycles. The van der Waals surface area contributed by atoms with Crippen LogP contribution in [-0.4, -0.2) is 52.9 Å². The molecule has 1 atom stereocenters. The number of carbonyl (C=O) groups excluding carboxylic acids is 2. The standard InChI is InChI=1S/C16H21BN2O5/c1-3-19(4-2)16(21)15(20)18-14(17(22)23)9-11-10-24-13-8-6-5-7-12(11)13/h5-8,10,14,22-23H,3-4,9H2,1-2H3,(H,18,20). The van der Waals surface area contributed by atoms with Gasteiger partial charge in [-0.3, -0.25) is 9.59 Å². The lowest BCUT2D eigenvalue weighted by Crippen LogP contribution is -2.52. The zero-order valence-corrected chi connectivity index (χ0v) is 13.7. The van der Waals surface area contributed by atoms with Crippen LogP contribution in [0.15, 0.2) is 34.9 Å². The summed E-state index contributed by atoms with van der Waals surface area (Å²) < 4.78 is 5.40. The number of carbonyl (C=O) groups is 2. The van der Waals surface area contributed by atoms with Gasteiger partial charge in [0.25, 0.3) is 0 Å². The first-order valence-corrected chi connectivity index (χ1v) is 7.88. The number of likely N-dealkylation sites (N-methyl/N-ethyl adjacent to an activating group) is 1. The van der Waals surface area contributed by atoms with Crippen LogP contribution < -0.4 is 5.32 Å². The highest BCUT2D eigenvalue weighted by Crippen LogP contribution is 2.22. The number of rotatable bonds is 6. The third kappa shape index (κ3) is 3.96. The van der Waals surface area contributed by atoms with Crippen molar-refractivity contribution in [3.8, 4) is 0 Å². The number of benzene rings is 1. The van der Waals surface area contributed by atoms with Crippen molar-refractivity contribution in [1.29, 1.82) is 0 Å². The maximum Gasteiger partial charge on any atom is 0.475 e. The molecule has 0 aliphatic rings. The summed E-state index contributed by atoms with van der Waals surface area (Å²) in [6, 6.07) is 7.32. The van der Waals surface area contributed by atoms with Gasteiger partial charge in [0.2, 0.25) is 0 Å². The molecule has 0 aliphatic heterocycles. The Balaban J connectivity index is 2.12. The van der Waals surface area contributed by atoms with Crippen molar-refractivity contribution in [2.45, 2.75) is 26.2 Å². The molecule has 1 heterocycles. The molecule has 2 amide bonds. The molecule has 0 saturated heterocycles. The molecule has 1 unspecified atom stereocenters. The van der Waals surface area contributed by atoms with E-state index in [1.165, 1.54) is 11.2 Å². The van der Waals surface area contributed by atoms with Crippen molar-refractivity contribution in [2.24, 2.45) is 0 Å². The zero-order chi connectivity index (χ0) is 17.7. The minimum absolute atomic E-state index is 0.131. The van der Waals surface area contributed by atoms with Crippen molar-refractivity contribution in [2.75, 3.05) is 13.1 Å². The number of nitrogens with one attached hydrogen (secondary N) is 1. The van der Waals surface area contributed by atoms with Gasteiger partial charge in [-0.1, -0.05) is 18.2 Å². The third-order valence-electron chi connectivity index (χ3n) is 3.92. The normalized spacial score (nSPS) is 12.0. The largest absolute Gasteiger partial charge is 0.475 e. The predicted molar refractivity (Wildman–Crippen MR) is 90.0 cm³/mol. The van der Waals surface area contributed by atoms with Gasteiger partial charge in [0, 0.05) is 18.5 Å². The number of hydrogen-bond acceptors (Lipinski definition) is 5. The van der Waals surface area contributed by atoms with E-state index in [1.54, 1.807) is 19.9 Å². The molecule has 2 rings (SSSR count). The summed E-state index contributed by atoms with van der Waals surface area (Å²) in [6.07, 6.45) is 1.64. The zero-order valence-electron chi connectivity index (χ0n) is 13.7. The molecule has 128 valence electrons. The van der Waals surface area contributed by atoms with Crippen molar-refractivity contribution < 1.29 is 24.1 Å². The van der Waals surface area contributed by atoms with Gasteiger partial charge in [-0.2, -0.15) is 0 Å². The van der Waals surface area contributed by atoms with Crippen LogP contribution >= 0.6 is 0 Å². The SMILES string of the molecule is CCN(CC)C(=O)C(=O)NC(Cc1coc2ccccc12)B(O)O. The van der Waals surface area contributed by atoms with Crippen molar-refractivity contribution >= 4 is 29.9 Å². The van der Waals surface area contributed by atoms with Crippen molar-refractivity contribution in [3.63, 3.8) is 0 Å². The topological polar surface area (TPSA) is 103 Å². The van der Waals surface area contributed by atoms with Crippen LogP contribution in [0.5, 0.6) is 0 Å². The highest BCUT2D eigenvalue weighted by Gasteiger charge is 2.30. The summed E-state index contributed by atoms with van der Waals surface area (Å²) >= 11 is 0. The first-order chi connectivity index (χ1) is 11.5. The fourth-order valence-electron chi connectivity index (χ4n) is 2.54. The van der Waals surface area contributed by atoms with Gasteiger partial charge >= 0.3 is 18.9 Å². The fourth-order valence-corrected chi connectivity index (χ4v) is 2.54. The maximum absolute atomic E-state index is 12.1. The molecular formula is C16H21BN2O5. The summed E-state index contributed by atoms with van der Waals surface area (Å²) in [4.78, 5) is 25.4. The minimum atomic E-state index is -1.80. The number of hydrogen-bond donors (Lipinski definition) is 3. The number of nitrogens with zero attached hydrogens (tertiary/aromatic N) is 1. The molecule has 3 N–H and O–H groups in total. The van der Waals surface area contributed by atoms with Gasteiger partial charge in [-0.15, -0.1) is 0 Å². The first-order valence-electron chi connectivity index (χ1n) is 7.88. The Morgan fingerprint density at radius 3 is 2.54 bits per heavy atom. The molecule has 2 aromatic rings. The second kappa shape index (κ2) is 7.98. The molecular weight excluding hydrogens is 311 g/mol. The average molecular weight is 332 g/mol. The molecule has 8 heteroatoms. The second-order valence-corrected chi connectivity index (χ2v) is 5.43. The molecule has 7 nitrogen and oxygen atoms in total. The maximum atomic E-state index is 12.1. The highest BCUT2D eigenvalue weighted by molar-refractivity contribution is 6.45. The molecule has 0 bridgehead atoms. The Kier molecular flexibility index (Phi) is 6.00. The van der Waals surface area contributed by atoms with Gasteiger partial charge in [0.15, 0.2) is 0 Å². The van der Waals surface area contributed by atoms with E-state index in [2.05, 4.69) is 5.32 Å². The highest BCUT2D eigenvalue weighted by atomic mass is 16.4. The van der Waals surface area contributed by atoms with Crippen LogP contribution in [0.25, 0.3) is 11.0 Å². The van der Waals surface area contributed by atoms with Crippen molar-refractivity contribution in [1.82, 2.24) is 10.2 Å². The monoisotopic (exact) mass is 332 g/mol. The van der Waals surface area contributed by atoms with Crippen LogP contribution in [0.1, 0.15) is 19.4 Å². The predicted octanol–water partition coefficient (Wildman–Crippen LogP) is 0.340. The second-order valence-electron chi connectivity index (χ2n) is 5.43. The van der Waals surface area contributed by atoms with Crippen LogP contribution in [0, 0.1) is 0 Å².